The smallest absolute Gasteiger partial charge is 0.335 e. The first-order valence-electron chi connectivity index (χ1n) is 26.5. The Balaban J connectivity index is 2.86. The van der Waals surface area contributed by atoms with Crippen LogP contribution in [0.1, 0.15) is 149 Å². The molecule has 0 spiro atoms. The number of carbonyl (C=O) groups is 4. The van der Waals surface area contributed by atoms with E-state index in [4.69, 9.17) is 23.7 Å². The number of unbranched alkanes of at least 4 members (excludes halogenated alkanes) is 2. The van der Waals surface area contributed by atoms with Crippen LogP contribution in [0.25, 0.3) is 0 Å². The van der Waals surface area contributed by atoms with Gasteiger partial charge in [0.2, 0.25) is 0 Å². The summed E-state index contributed by atoms with van der Waals surface area (Å²) < 4.78 is 28.0. The summed E-state index contributed by atoms with van der Waals surface area (Å²) >= 11 is 0. The Labute approximate surface area is 437 Å². The van der Waals surface area contributed by atoms with E-state index in [1.54, 1.807) is 12.2 Å². The molecule has 1 saturated heterocycles. The highest BCUT2D eigenvalue weighted by Crippen LogP contribution is 2.26. The molecule has 1 rings (SSSR count). The van der Waals surface area contributed by atoms with E-state index < -0.39 is 67.3 Å². The number of esters is 3. The molecule has 6 atom stereocenters. The number of ether oxygens (including phenoxy) is 5. The molecule has 404 valence electrons. The maximum atomic E-state index is 13.0. The van der Waals surface area contributed by atoms with Gasteiger partial charge in [-0.15, -0.1) is 0 Å². The first kappa shape index (κ1) is 65.4. The van der Waals surface area contributed by atoms with Gasteiger partial charge in [-0.1, -0.05) is 179 Å². The van der Waals surface area contributed by atoms with Gasteiger partial charge in [-0.2, -0.15) is 0 Å². The lowest BCUT2D eigenvalue weighted by Gasteiger charge is -2.40. The number of carboxylic acids is 1. The lowest BCUT2D eigenvalue weighted by molar-refractivity contribution is -0.301. The van der Waals surface area contributed by atoms with E-state index in [1.807, 2.05) is 30.4 Å². The second-order valence-corrected chi connectivity index (χ2v) is 17.0. The van der Waals surface area contributed by atoms with Crippen LogP contribution in [-0.2, 0) is 42.9 Å². The molecule has 0 aromatic rings. The number of aliphatic carboxylic acids is 1. The third-order valence-corrected chi connectivity index (χ3v) is 10.6. The molecule has 12 heteroatoms. The van der Waals surface area contributed by atoms with Crippen LogP contribution in [0.4, 0.5) is 0 Å². The van der Waals surface area contributed by atoms with E-state index in [9.17, 15) is 34.5 Å². The van der Waals surface area contributed by atoms with E-state index >= 15 is 0 Å². The van der Waals surface area contributed by atoms with E-state index in [2.05, 4.69) is 136 Å². The number of aliphatic hydroxyl groups excluding tert-OH is 2. The molecular formula is C61H88O12. The van der Waals surface area contributed by atoms with Gasteiger partial charge in [-0.25, -0.2) is 4.79 Å². The fraction of sp³-hybridized carbons (Fsp3) is 0.508. The third kappa shape index (κ3) is 37.7. The zero-order valence-corrected chi connectivity index (χ0v) is 44.0. The van der Waals surface area contributed by atoms with Crippen molar-refractivity contribution in [2.75, 3.05) is 13.2 Å². The predicted octanol–water partition coefficient (Wildman–Crippen LogP) is 13.0. The summed E-state index contributed by atoms with van der Waals surface area (Å²) in [5, 5.41) is 31.3. The summed E-state index contributed by atoms with van der Waals surface area (Å²) in [5.74, 6) is -3.49. The molecule has 0 saturated carbocycles. The molecule has 0 radical (unpaired) electrons. The molecule has 0 aliphatic carbocycles. The van der Waals surface area contributed by atoms with Gasteiger partial charge in [0.15, 0.2) is 24.6 Å². The summed E-state index contributed by atoms with van der Waals surface area (Å²) in [5.41, 5.74) is 0. The Hall–Kier alpha value is -5.66. The number of hydrogen-bond donors (Lipinski definition) is 3. The van der Waals surface area contributed by atoms with Crippen LogP contribution in [0.3, 0.4) is 0 Å². The van der Waals surface area contributed by atoms with Gasteiger partial charge in [0.1, 0.15) is 18.8 Å². The van der Waals surface area contributed by atoms with Gasteiger partial charge in [0, 0.05) is 12.8 Å². The maximum absolute atomic E-state index is 13.0. The number of allylic oxidation sites excluding steroid dienone is 25. The number of aliphatic hydroxyl groups is 2. The predicted molar refractivity (Wildman–Crippen MR) is 293 cm³/mol. The standard InChI is InChI=1S/C61H88O12/c1-4-7-10-13-16-19-22-25-27-30-32-35-38-41-44-47-53(62)69-50-52(71-54(63)48-45-42-39-36-33-29-24-21-18-15-12-9-6-3)51-70-61-59(57(66)56(65)58(73-61)60(67)68)72-55(64)49-46-43-40-37-34-31-28-26-23-20-17-14-11-8-5-2/h7-12,16-21,25-29,32-35,37,39,42-43,46,52,56-59,61,65-66H,4-6,13-15,22-24,30-31,36,38,40-41,44-45,47-51H2,1-3H3,(H,67,68)/b10-7-,11-8-,12-9-,19-16-,20-17-,21-18-,27-25-,28-26-,33-29-,35-32-,37-34-,42-39-,46-43-. The minimum Gasteiger partial charge on any atom is -0.479 e. The van der Waals surface area contributed by atoms with E-state index in [1.165, 1.54) is 0 Å². The van der Waals surface area contributed by atoms with Crippen molar-refractivity contribution in [3.05, 3.63) is 158 Å². The van der Waals surface area contributed by atoms with E-state index in [0.29, 0.717) is 25.7 Å². The van der Waals surface area contributed by atoms with Crippen molar-refractivity contribution in [1.29, 1.82) is 0 Å². The Morgan fingerprint density at radius 2 is 0.877 bits per heavy atom. The van der Waals surface area contributed by atoms with Crippen LogP contribution in [0, 0.1) is 0 Å². The zero-order chi connectivity index (χ0) is 53.3. The number of carbonyl (C=O) groups excluding carboxylic acids is 3. The molecule has 0 bridgehead atoms. The van der Waals surface area contributed by atoms with Crippen molar-refractivity contribution in [3.8, 4) is 0 Å². The van der Waals surface area contributed by atoms with Gasteiger partial charge in [-0.3, -0.25) is 14.4 Å². The maximum Gasteiger partial charge on any atom is 0.335 e. The fourth-order valence-corrected chi connectivity index (χ4v) is 6.68. The highest BCUT2D eigenvalue weighted by molar-refractivity contribution is 5.74. The minimum absolute atomic E-state index is 0.0118. The number of carboxylic acid groups (broad SMARTS) is 1. The van der Waals surface area contributed by atoms with Crippen LogP contribution in [0.15, 0.2) is 158 Å². The fourth-order valence-electron chi connectivity index (χ4n) is 6.68. The topological polar surface area (TPSA) is 175 Å². The Morgan fingerprint density at radius 3 is 1.32 bits per heavy atom. The van der Waals surface area contributed by atoms with Crippen LogP contribution in [-0.4, -0.2) is 89.2 Å². The highest BCUT2D eigenvalue weighted by atomic mass is 16.7. The van der Waals surface area contributed by atoms with E-state index in [0.717, 1.165) is 83.5 Å². The SMILES string of the molecule is CC/C=C\C/C=C\C/C=C\C/C=C\C/C=C\CC(=O)OC1C(OCC(COC(=O)CCCC/C=C\C/C=C\C/C=C\C/C=C\CC)OC(=O)CC/C=C\C/C=C\C/C=C\C/C=C\CC)OC(C(=O)O)C(O)C1O. The molecule has 1 aliphatic rings. The lowest BCUT2D eigenvalue weighted by atomic mass is 9.98. The monoisotopic (exact) mass is 1010 g/mol. The quantitative estimate of drug-likeness (QED) is 0.0229. The van der Waals surface area contributed by atoms with Gasteiger partial charge in [0.05, 0.1) is 13.0 Å². The van der Waals surface area contributed by atoms with Crippen molar-refractivity contribution >= 4 is 23.9 Å². The molecular weight excluding hydrogens is 925 g/mol. The summed E-state index contributed by atoms with van der Waals surface area (Å²) in [6.07, 6.45) is 57.0. The summed E-state index contributed by atoms with van der Waals surface area (Å²) in [6.45, 7) is 5.45. The highest BCUT2D eigenvalue weighted by Gasteiger charge is 2.50. The van der Waals surface area contributed by atoms with Crippen molar-refractivity contribution in [2.45, 2.75) is 186 Å². The summed E-state index contributed by atoms with van der Waals surface area (Å²) in [7, 11) is 0. The lowest BCUT2D eigenvalue weighted by Crippen LogP contribution is -2.61. The Morgan fingerprint density at radius 1 is 0.466 bits per heavy atom. The Bertz CT molecular complexity index is 1870. The number of rotatable bonds is 41. The van der Waals surface area contributed by atoms with Crippen molar-refractivity contribution < 1.29 is 58.2 Å². The summed E-state index contributed by atoms with van der Waals surface area (Å²) in [4.78, 5) is 50.8. The summed E-state index contributed by atoms with van der Waals surface area (Å²) in [6, 6.07) is 0. The van der Waals surface area contributed by atoms with Gasteiger partial charge < -0.3 is 39.0 Å². The molecule has 1 fully saturated rings. The first-order chi connectivity index (χ1) is 35.6. The Kier molecular flexibility index (Phi) is 42.4. The van der Waals surface area contributed by atoms with Crippen molar-refractivity contribution in [3.63, 3.8) is 0 Å². The van der Waals surface area contributed by atoms with Crippen LogP contribution in [0.5, 0.6) is 0 Å². The van der Waals surface area contributed by atoms with Crippen LogP contribution < -0.4 is 0 Å². The second kappa shape index (κ2) is 47.4. The first-order valence-corrected chi connectivity index (χ1v) is 26.5. The van der Waals surface area contributed by atoms with Crippen molar-refractivity contribution in [2.24, 2.45) is 0 Å². The van der Waals surface area contributed by atoms with Crippen LogP contribution in [0.2, 0.25) is 0 Å². The van der Waals surface area contributed by atoms with E-state index in [-0.39, 0.29) is 25.9 Å². The molecule has 0 aromatic heterocycles. The minimum atomic E-state index is -1.96. The average molecular weight is 1010 g/mol. The second-order valence-electron chi connectivity index (χ2n) is 17.0. The molecule has 1 aliphatic heterocycles. The third-order valence-electron chi connectivity index (χ3n) is 10.6. The molecule has 0 amide bonds. The van der Waals surface area contributed by atoms with Gasteiger partial charge in [-0.05, 0) is 109 Å². The van der Waals surface area contributed by atoms with Gasteiger partial charge in [0.25, 0.3) is 0 Å². The largest absolute Gasteiger partial charge is 0.479 e. The molecule has 0 aromatic carbocycles. The number of hydrogen-bond acceptors (Lipinski definition) is 11. The van der Waals surface area contributed by atoms with Crippen LogP contribution >= 0.6 is 0 Å². The molecule has 6 unspecified atom stereocenters. The molecule has 73 heavy (non-hydrogen) atoms. The normalized spacial score (nSPS) is 19.6. The zero-order valence-electron chi connectivity index (χ0n) is 44.0. The average Bonchev–Trinajstić information content (AvgIpc) is 3.37. The van der Waals surface area contributed by atoms with Crippen molar-refractivity contribution in [1.82, 2.24) is 0 Å². The molecule has 12 nitrogen and oxygen atoms in total. The molecule has 3 N–H and O–H groups in total. The van der Waals surface area contributed by atoms with Gasteiger partial charge >= 0.3 is 23.9 Å². The molecule has 1 heterocycles.